The monoisotopic (exact) mass is 373 g/mol. The Balaban J connectivity index is 2.25. The molecule has 0 aromatic heterocycles. The Hall–Kier alpha value is -0.820. The highest BCUT2D eigenvalue weighted by atomic mass is 14.6. The standard InChI is InChI=1S/C26H47N/c1-4-7-8-9-10-11-12-13-14-15-16-22-26(27)25-21-17-20-23(18-5-2)24(25)19-6-3/h17,20-21,26H,4-16,18-19,22,27H2,1-3H3. The third kappa shape index (κ3) is 10.3. The van der Waals surface area contributed by atoms with E-state index in [1.807, 2.05) is 0 Å². The normalized spacial score (nSPS) is 12.4. The summed E-state index contributed by atoms with van der Waals surface area (Å²) in [6.07, 6.45) is 21.3. The van der Waals surface area contributed by atoms with E-state index in [4.69, 9.17) is 5.73 Å². The minimum absolute atomic E-state index is 0.224. The molecule has 0 spiro atoms. The molecule has 0 fully saturated rings. The highest BCUT2D eigenvalue weighted by Crippen LogP contribution is 2.26. The van der Waals surface area contributed by atoms with Crippen LogP contribution in [0.1, 0.15) is 133 Å². The van der Waals surface area contributed by atoms with E-state index < -0.39 is 0 Å². The molecule has 0 saturated carbocycles. The van der Waals surface area contributed by atoms with Crippen LogP contribution in [0.25, 0.3) is 0 Å². The van der Waals surface area contributed by atoms with Crippen molar-refractivity contribution >= 4 is 0 Å². The van der Waals surface area contributed by atoms with Crippen molar-refractivity contribution in [2.75, 3.05) is 0 Å². The van der Waals surface area contributed by atoms with Crippen molar-refractivity contribution in [2.24, 2.45) is 5.73 Å². The Bertz CT molecular complexity index is 465. The first-order chi connectivity index (χ1) is 13.2. The summed E-state index contributed by atoms with van der Waals surface area (Å²) in [4.78, 5) is 0. The Morgan fingerprint density at radius 1 is 0.667 bits per heavy atom. The summed E-state index contributed by atoms with van der Waals surface area (Å²) in [5, 5.41) is 0. The van der Waals surface area contributed by atoms with Gasteiger partial charge in [0, 0.05) is 6.04 Å². The lowest BCUT2D eigenvalue weighted by atomic mass is 9.89. The van der Waals surface area contributed by atoms with Gasteiger partial charge in [0.15, 0.2) is 0 Å². The van der Waals surface area contributed by atoms with Crippen LogP contribution in [0.2, 0.25) is 0 Å². The lowest BCUT2D eigenvalue weighted by Crippen LogP contribution is -2.14. The van der Waals surface area contributed by atoms with E-state index in [-0.39, 0.29) is 6.04 Å². The maximum Gasteiger partial charge on any atom is 0.0297 e. The summed E-state index contributed by atoms with van der Waals surface area (Å²) >= 11 is 0. The average Bonchev–Trinajstić information content (AvgIpc) is 2.67. The van der Waals surface area contributed by atoms with Gasteiger partial charge in [-0.05, 0) is 36.0 Å². The number of rotatable bonds is 17. The predicted molar refractivity (Wildman–Crippen MR) is 122 cm³/mol. The summed E-state index contributed by atoms with van der Waals surface area (Å²) in [5.74, 6) is 0. The van der Waals surface area contributed by atoms with Crippen LogP contribution in [0.4, 0.5) is 0 Å². The quantitative estimate of drug-likeness (QED) is 0.273. The third-order valence-electron chi connectivity index (χ3n) is 5.85. The molecular weight excluding hydrogens is 326 g/mol. The first kappa shape index (κ1) is 24.2. The largest absolute Gasteiger partial charge is 0.324 e. The lowest BCUT2D eigenvalue weighted by Gasteiger charge is -2.19. The average molecular weight is 374 g/mol. The van der Waals surface area contributed by atoms with E-state index in [9.17, 15) is 0 Å². The molecule has 1 unspecified atom stereocenters. The maximum absolute atomic E-state index is 6.61. The Labute approximate surface area is 170 Å². The molecule has 0 aliphatic carbocycles. The topological polar surface area (TPSA) is 26.0 Å². The lowest BCUT2D eigenvalue weighted by molar-refractivity contribution is 0.525. The molecule has 1 aromatic carbocycles. The van der Waals surface area contributed by atoms with Crippen molar-refractivity contribution < 1.29 is 0 Å². The van der Waals surface area contributed by atoms with Gasteiger partial charge in [-0.1, -0.05) is 122 Å². The molecule has 1 heteroatoms. The Kier molecular flexibility index (Phi) is 14.5. The number of unbranched alkanes of at least 4 members (excludes halogenated alkanes) is 10. The fraction of sp³-hybridized carbons (Fsp3) is 0.769. The van der Waals surface area contributed by atoms with Gasteiger partial charge >= 0.3 is 0 Å². The second kappa shape index (κ2) is 16.2. The second-order valence-electron chi connectivity index (χ2n) is 8.42. The number of aryl methyl sites for hydroxylation is 1. The van der Waals surface area contributed by atoms with E-state index in [1.165, 1.54) is 107 Å². The van der Waals surface area contributed by atoms with Crippen molar-refractivity contribution in [1.82, 2.24) is 0 Å². The van der Waals surface area contributed by atoms with Gasteiger partial charge in [0.1, 0.15) is 0 Å². The van der Waals surface area contributed by atoms with Gasteiger partial charge in [-0.2, -0.15) is 0 Å². The zero-order valence-electron chi connectivity index (χ0n) is 18.7. The fourth-order valence-electron chi connectivity index (χ4n) is 4.24. The van der Waals surface area contributed by atoms with Gasteiger partial charge in [0.25, 0.3) is 0 Å². The summed E-state index contributed by atoms with van der Waals surface area (Å²) in [6.45, 7) is 6.84. The van der Waals surface area contributed by atoms with Crippen LogP contribution < -0.4 is 5.73 Å². The van der Waals surface area contributed by atoms with Crippen LogP contribution in [-0.4, -0.2) is 0 Å². The molecule has 0 radical (unpaired) electrons. The van der Waals surface area contributed by atoms with Crippen LogP contribution in [0.5, 0.6) is 0 Å². The van der Waals surface area contributed by atoms with Gasteiger partial charge in [-0.25, -0.2) is 0 Å². The van der Waals surface area contributed by atoms with E-state index in [2.05, 4.69) is 39.0 Å². The van der Waals surface area contributed by atoms with Crippen molar-refractivity contribution in [3.05, 3.63) is 34.9 Å². The van der Waals surface area contributed by atoms with Gasteiger partial charge in [-0.3, -0.25) is 0 Å². The Morgan fingerprint density at radius 3 is 1.78 bits per heavy atom. The van der Waals surface area contributed by atoms with Crippen molar-refractivity contribution in [2.45, 2.75) is 130 Å². The summed E-state index contributed by atoms with van der Waals surface area (Å²) in [5.41, 5.74) is 11.1. The fourth-order valence-corrected chi connectivity index (χ4v) is 4.24. The molecule has 0 aliphatic heterocycles. The molecule has 1 rings (SSSR count). The zero-order valence-corrected chi connectivity index (χ0v) is 18.7. The smallest absolute Gasteiger partial charge is 0.0297 e. The molecule has 0 heterocycles. The summed E-state index contributed by atoms with van der Waals surface area (Å²) in [7, 11) is 0. The minimum Gasteiger partial charge on any atom is -0.324 e. The van der Waals surface area contributed by atoms with Crippen molar-refractivity contribution in [3.8, 4) is 0 Å². The van der Waals surface area contributed by atoms with Gasteiger partial charge in [0.2, 0.25) is 0 Å². The third-order valence-corrected chi connectivity index (χ3v) is 5.85. The first-order valence-corrected chi connectivity index (χ1v) is 12.1. The molecule has 1 atom stereocenters. The van der Waals surface area contributed by atoms with Gasteiger partial charge < -0.3 is 5.73 Å². The minimum atomic E-state index is 0.224. The zero-order chi connectivity index (χ0) is 19.7. The van der Waals surface area contributed by atoms with Crippen LogP contribution in [0.3, 0.4) is 0 Å². The van der Waals surface area contributed by atoms with Crippen LogP contribution >= 0.6 is 0 Å². The molecule has 0 amide bonds. The van der Waals surface area contributed by atoms with E-state index in [1.54, 1.807) is 5.56 Å². The number of benzene rings is 1. The van der Waals surface area contributed by atoms with Crippen LogP contribution in [0.15, 0.2) is 18.2 Å². The summed E-state index contributed by atoms with van der Waals surface area (Å²) in [6, 6.07) is 7.04. The van der Waals surface area contributed by atoms with Crippen molar-refractivity contribution in [3.63, 3.8) is 0 Å². The second-order valence-corrected chi connectivity index (χ2v) is 8.42. The molecule has 27 heavy (non-hydrogen) atoms. The molecule has 156 valence electrons. The molecule has 1 aromatic rings. The SMILES string of the molecule is CCCCCCCCCCCCCC(N)c1cccc(CCC)c1CCC. The first-order valence-electron chi connectivity index (χ1n) is 12.1. The molecular formula is C26H47N. The summed E-state index contributed by atoms with van der Waals surface area (Å²) < 4.78 is 0. The predicted octanol–water partition coefficient (Wildman–Crippen LogP) is 8.29. The molecule has 0 bridgehead atoms. The Morgan fingerprint density at radius 2 is 1.22 bits per heavy atom. The highest BCUT2D eigenvalue weighted by Gasteiger charge is 2.13. The molecule has 1 nitrogen and oxygen atoms in total. The van der Waals surface area contributed by atoms with Gasteiger partial charge in [0.05, 0.1) is 0 Å². The number of hydrogen-bond acceptors (Lipinski definition) is 1. The van der Waals surface area contributed by atoms with E-state index in [0.29, 0.717) is 0 Å². The molecule has 0 saturated heterocycles. The number of hydrogen-bond donors (Lipinski definition) is 1. The number of nitrogens with two attached hydrogens (primary N) is 1. The molecule has 0 aliphatic rings. The van der Waals surface area contributed by atoms with Crippen molar-refractivity contribution in [1.29, 1.82) is 0 Å². The van der Waals surface area contributed by atoms with Gasteiger partial charge in [-0.15, -0.1) is 0 Å². The highest BCUT2D eigenvalue weighted by molar-refractivity contribution is 5.37. The maximum atomic E-state index is 6.61. The molecule has 2 N–H and O–H groups in total. The van der Waals surface area contributed by atoms with Crippen LogP contribution in [0, 0.1) is 0 Å². The van der Waals surface area contributed by atoms with Crippen LogP contribution in [-0.2, 0) is 12.8 Å². The van der Waals surface area contributed by atoms with E-state index in [0.717, 1.165) is 6.42 Å². The van der Waals surface area contributed by atoms with E-state index >= 15 is 0 Å².